The fourth-order valence-electron chi connectivity index (χ4n) is 1.92. The molecule has 2 N–H and O–H groups in total. The Bertz CT molecular complexity index is 508. The molecule has 2 rings (SSSR count). The van der Waals surface area contributed by atoms with Crippen LogP contribution in [0.3, 0.4) is 0 Å². The number of H-pyrrole nitrogens is 1. The molecule has 0 saturated heterocycles. The summed E-state index contributed by atoms with van der Waals surface area (Å²) in [5, 5.41) is 10.2. The third kappa shape index (κ3) is 1.67. The van der Waals surface area contributed by atoms with Gasteiger partial charge in [-0.15, -0.1) is 0 Å². The second kappa shape index (κ2) is 3.83. The third-order valence-corrected chi connectivity index (χ3v) is 3.19. The van der Waals surface area contributed by atoms with E-state index in [-0.39, 0.29) is 0 Å². The molecule has 1 unspecified atom stereocenters. The van der Waals surface area contributed by atoms with Crippen molar-refractivity contribution in [3.63, 3.8) is 0 Å². The predicted molar refractivity (Wildman–Crippen MR) is 62.5 cm³/mol. The minimum Gasteiger partial charge on any atom is -0.469 e. The minimum absolute atomic E-state index is 0.634. The molecule has 2 heterocycles. The van der Waals surface area contributed by atoms with Gasteiger partial charge in [-0.1, -0.05) is 0 Å². The molecule has 0 radical (unpaired) electrons. The molecular formula is C13H17NO2. The van der Waals surface area contributed by atoms with Gasteiger partial charge in [-0.3, -0.25) is 0 Å². The summed E-state index contributed by atoms with van der Waals surface area (Å²) in [6, 6.07) is 1.86. The van der Waals surface area contributed by atoms with Crippen LogP contribution in [-0.4, -0.2) is 10.1 Å². The fraction of sp³-hybridized carbons (Fsp3) is 0.385. The van der Waals surface area contributed by atoms with Crippen LogP contribution in [0.5, 0.6) is 0 Å². The van der Waals surface area contributed by atoms with Gasteiger partial charge in [-0.25, -0.2) is 0 Å². The van der Waals surface area contributed by atoms with E-state index in [0.29, 0.717) is 0 Å². The first-order valence-corrected chi connectivity index (χ1v) is 5.39. The molecule has 0 saturated carbocycles. The Morgan fingerprint density at radius 2 is 1.88 bits per heavy atom. The Balaban J connectivity index is 2.41. The number of aliphatic hydroxyl groups excluding tert-OH is 1. The maximum atomic E-state index is 10.2. The summed E-state index contributed by atoms with van der Waals surface area (Å²) in [6.45, 7) is 7.95. The second-order valence-electron chi connectivity index (χ2n) is 4.31. The molecular weight excluding hydrogens is 202 g/mol. The van der Waals surface area contributed by atoms with Crippen LogP contribution in [0.15, 0.2) is 16.7 Å². The maximum absolute atomic E-state index is 10.2. The lowest BCUT2D eigenvalue weighted by Crippen LogP contribution is -2.00. The quantitative estimate of drug-likeness (QED) is 0.815. The van der Waals surface area contributed by atoms with Gasteiger partial charge in [0.25, 0.3) is 0 Å². The molecule has 2 aromatic heterocycles. The lowest BCUT2D eigenvalue weighted by Gasteiger charge is -2.07. The van der Waals surface area contributed by atoms with Crippen LogP contribution >= 0.6 is 0 Å². The Hall–Kier alpha value is -1.48. The number of rotatable bonds is 2. The second-order valence-corrected chi connectivity index (χ2v) is 4.31. The average molecular weight is 219 g/mol. The number of hydrogen-bond acceptors (Lipinski definition) is 2. The van der Waals surface area contributed by atoms with E-state index in [2.05, 4.69) is 11.9 Å². The van der Waals surface area contributed by atoms with E-state index in [4.69, 9.17) is 4.42 Å². The van der Waals surface area contributed by atoms with Gasteiger partial charge in [0.2, 0.25) is 0 Å². The van der Waals surface area contributed by atoms with E-state index in [1.54, 1.807) is 6.26 Å². The van der Waals surface area contributed by atoms with Gasteiger partial charge in [0.1, 0.15) is 11.9 Å². The molecule has 0 aliphatic heterocycles. The third-order valence-electron chi connectivity index (χ3n) is 3.19. The van der Waals surface area contributed by atoms with Gasteiger partial charge < -0.3 is 14.5 Å². The van der Waals surface area contributed by atoms with Gasteiger partial charge in [-0.2, -0.15) is 0 Å². The molecule has 0 aliphatic rings. The van der Waals surface area contributed by atoms with Crippen molar-refractivity contribution in [1.29, 1.82) is 0 Å². The molecule has 0 fully saturated rings. The zero-order valence-corrected chi connectivity index (χ0v) is 10.1. The number of aromatic nitrogens is 1. The molecule has 3 nitrogen and oxygen atoms in total. The first kappa shape index (κ1) is 11.0. The van der Waals surface area contributed by atoms with Crippen molar-refractivity contribution in [1.82, 2.24) is 4.98 Å². The average Bonchev–Trinajstić information content (AvgIpc) is 2.78. The highest BCUT2D eigenvalue weighted by Crippen LogP contribution is 2.28. The smallest absolute Gasteiger partial charge is 0.122 e. The van der Waals surface area contributed by atoms with Crippen LogP contribution in [0, 0.1) is 27.7 Å². The molecule has 0 amide bonds. The summed E-state index contributed by atoms with van der Waals surface area (Å²) >= 11 is 0. The zero-order chi connectivity index (χ0) is 11.9. The Kier molecular flexibility index (Phi) is 2.64. The van der Waals surface area contributed by atoms with Crippen LogP contribution in [0.4, 0.5) is 0 Å². The summed E-state index contributed by atoms with van der Waals surface area (Å²) in [6.07, 6.45) is 0.968. The van der Waals surface area contributed by atoms with E-state index in [1.165, 1.54) is 5.56 Å². The van der Waals surface area contributed by atoms with Crippen LogP contribution in [-0.2, 0) is 0 Å². The van der Waals surface area contributed by atoms with Gasteiger partial charge in [-0.05, 0) is 44.9 Å². The summed E-state index contributed by atoms with van der Waals surface area (Å²) in [5.41, 5.74) is 5.07. The van der Waals surface area contributed by atoms with Gasteiger partial charge in [0.05, 0.1) is 12.0 Å². The molecule has 0 aromatic carbocycles. The highest BCUT2D eigenvalue weighted by Gasteiger charge is 2.18. The summed E-state index contributed by atoms with van der Waals surface area (Å²) in [4.78, 5) is 3.23. The normalized spacial score (nSPS) is 13.1. The number of hydrogen-bond donors (Lipinski definition) is 2. The summed E-state index contributed by atoms with van der Waals surface area (Å²) in [5.74, 6) is 0.812. The Morgan fingerprint density at radius 3 is 2.31 bits per heavy atom. The molecule has 2 aromatic rings. The summed E-state index contributed by atoms with van der Waals surface area (Å²) in [7, 11) is 0. The molecule has 0 spiro atoms. The fourth-order valence-corrected chi connectivity index (χ4v) is 1.92. The van der Waals surface area contributed by atoms with Crippen molar-refractivity contribution in [2.75, 3.05) is 0 Å². The highest BCUT2D eigenvalue weighted by atomic mass is 16.3. The molecule has 0 bridgehead atoms. The lowest BCUT2D eigenvalue weighted by atomic mass is 10.0. The molecule has 86 valence electrons. The maximum Gasteiger partial charge on any atom is 0.122 e. The van der Waals surface area contributed by atoms with Crippen molar-refractivity contribution < 1.29 is 9.52 Å². The number of nitrogens with one attached hydrogen (secondary N) is 1. The highest BCUT2D eigenvalue weighted by molar-refractivity contribution is 5.38. The van der Waals surface area contributed by atoms with Crippen LogP contribution in [0.2, 0.25) is 0 Å². The van der Waals surface area contributed by atoms with Crippen LogP contribution < -0.4 is 0 Å². The van der Waals surface area contributed by atoms with Crippen molar-refractivity contribution in [2.45, 2.75) is 33.8 Å². The monoisotopic (exact) mass is 219 g/mol. The number of furan rings is 1. The topological polar surface area (TPSA) is 49.2 Å². The van der Waals surface area contributed by atoms with Crippen molar-refractivity contribution >= 4 is 0 Å². The van der Waals surface area contributed by atoms with E-state index in [1.807, 2.05) is 26.8 Å². The van der Waals surface area contributed by atoms with Crippen molar-refractivity contribution in [3.05, 3.63) is 46.2 Å². The van der Waals surface area contributed by atoms with Gasteiger partial charge >= 0.3 is 0 Å². The van der Waals surface area contributed by atoms with E-state index >= 15 is 0 Å². The van der Waals surface area contributed by atoms with Crippen molar-refractivity contribution in [2.24, 2.45) is 0 Å². The Labute approximate surface area is 95.1 Å². The molecule has 3 heteroatoms. The van der Waals surface area contributed by atoms with E-state index < -0.39 is 6.10 Å². The number of aromatic amines is 1. The Morgan fingerprint density at radius 1 is 1.19 bits per heavy atom. The zero-order valence-electron chi connectivity index (χ0n) is 10.1. The first-order valence-electron chi connectivity index (χ1n) is 5.39. The number of aliphatic hydroxyl groups is 1. The summed E-state index contributed by atoms with van der Waals surface area (Å²) < 4.78 is 5.21. The van der Waals surface area contributed by atoms with E-state index in [0.717, 1.165) is 28.3 Å². The van der Waals surface area contributed by atoms with Crippen molar-refractivity contribution in [3.8, 4) is 0 Å². The molecule has 0 aliphatic carbocycles. The first-order chi connectivity index (χ1) is 7.50. The largest absolute Gasteiger partial charge is 0.469 e. The SMILES string of the molecule is Cc1cc(C(O)c2[nH]c(C)c(C)c2C)co1. The standard InChI is InChI=1S/C13H17NO2/c1-7-5-11(6-16-7)13(15)12-9(3)8(2)10(4)14-12/h5-6,13-15H,1-4H3. The van der Waals surface area contributed by atoms with Crippen LogP contribution in [0.25, 0.3) is 0 Å². The van der Waals surface area contributed by atoms with Gasteiger partial charge in [0.15, 0.2) is 0 Å². The predicted octanol–water partition coefficient (Wildman–Crippen LogP) is 2.92. The lowest BCUT2D eigenvalue weighted by molar-refractivity contribution is 0.214. The molecule has 1 atom stereocenters. The molecule has 16 heavy (non-hydrogen) atoms. The van der Waals surface area contributed by atoms with Crippen LogP contribution in [0.1, 0.15) is 39.9 Å². The number of aryl methyl sites for hydroxylation is 2. The van der Waals surface area contributed by atoms with Gasteiger partial charge in [0, 0.05) is 11.3 Å². The minimum atomic E-state index is -0.634. The van der Waals surface area contributed by atoms with E-state index in [9.17, 15) is 5.11 Å².